The van der Waals surface area contributed by atoms with Gasteiger partial charge in [-0.2, -0.15) is 54.6 Å². The first kappa shape index (κ1) is 31.2. The zero-order valence-corrected chi connectivity index (χ0v) is 29.4. The monoisotopic (exact) mass is 956 g/mol. The Hall–Kier alpha value is -2.38. The molecular weight excluding hydrogens is 932 g/mol. The number of nitrogens with zero attached hydrogens (tertiary/aromatic N) is 1. The molecule has 1 N–H and O–H groups in total. The number of para-hydroxylation sites is 1. The van der Waals surface area contributed by atoms with Gasteiger partial charge in [0.15, 0.2) is 0 Å². The molecule has 0 heterocycles. The Morgan fingerprint density at radius 1 is 0.641 bits per heavy atom. The third kappa shape index (κ3) is 9.35. The Morgan fingerprint density at radius 2 is 1.13 bits per heavy atom. The van der Waals surface area contributed by atoms with Crippen LogP contribution in [-0.4, -0.2) is 5.90 Å². The van der Waals surface area contributed by atoms with Gasteiger partial charge in [0.2, 0.25) is 5.90 Å². The zero-order chi connectivity index (χ0) is 26.6. The van der Waals surface area contributed by atoms with Gasteiger partial charge in [-0.25, -0.2) is 0 Å². The maximum Gasteiger partial charge on any atom is 2.00 e. The number of halogens is 2. The van der Waals surface area contributed by atoms with E-state index in [1.807, 2.05) is 89.0 Å². The number of hydrogen-bond donors (Lipinski definition) is 1. The van der Waals surface area contributed by atoms with Crippen molar-refractivity contribution in [2.24, 2.45) is 0 Å². The minimum Gasteiger partial charge on any atom is -0.438 e. The van der Waals surface area contributed by atoms with Crippen LogP contribution < -0.4 is 9.64 Å². The van der Waals surface area contributed by atoms with E-state index in [1.54, 1.807) is 0 Å². The topological polar surface area (TPSA) is 36.3 Å². The molecule has 0 saturated heterocycles. The summed E-state index contributed by atoms with van der Waals surface area (Å²) in [5.41, 5.74) is 5.48. The van der Waals surface area contributed by atoms with Crippen LogP contribution in [0.15, 0.2) is 141 Å². The van der Waals surface area contributed by atoms with E-state index in [1.165, 1.54) is 0 Å². The van der Waals surface area contributed by atoms with Gasteiger partial charge >= 0.3 is 31.1 Å². The third-order valence-electron chi connectivity index (χ3n) is 5.43. The molecule has 0 unspecified atom stereocenters. The molecule has 5 rings (SSSR count). The summed E-state index contributed by atoms with van der Waals surface area (Å²) in [6, 6.07) is 50.2. The van der Waals surface area contributed by atoms with Gasteiger partial charge in [-0.05, 0) is 74.2 Å². The molecule has 0 aliphatic rings. The Morgan fingerprint density at radius 3 is 1.64 bits per heavy atom. The predicted molar refractivity (Wildman–Crippen MR) is 175 cm³/mol. The molecule has 0 aliphatic carbocycles. The van der Waals surface area contributed by atoms with E-state index >= 15 is 0 Å². The first-order chi connectivity index (χ1) is 18.7. The number of benzene rings is 5. The van der Waals surface area contributed by atoms with Crippen molar-refractivity contribution < 1.29 is 35.9 Å². The van der Waals surface area contributed by atoms with Crippen LogP contribution in [0.1, 0.15) is 0 Å². The first-order valence-electron chi connectivity index (χ1n) is 11.8. The molecule has 0 saturated carbocycles. The molecule has 0 radical (unpaired) electrons. The fourth-order valence-corrected chi connectivity index (χ4v) is 4.02. The van der Waals surface area contributed by atoms with Gasteiger partial charge in [-0.3, -0.25) is 5.41 Å². The quantitative estimate of drug-likeness (QED) is 0.0797. The molecule has 0 aromatic heterocycles. The largest absolute Gasteiger partial charge is 2.00 e. The van der Waals surface area contributed by atoms with Gasteiger partial charge in [0.05, 0.1) is 3.58 Å². The van der Waals surface area contributed by atoms with Crippen molar-refractivity contribution in [2.75, 3.05) is 4.90 Å². The fourth-order valence-electron chi connectivity index (χ4n) is 3.63. The molecule has 0 amide bonds. The number of anilines is 3. The second kappa shape index (κ2) is 16.7. The molecule has 0 spiro atoms. The van der Waals surface area contributed by atoms with Gasteiger partial charge in [-0.1, -0.05) is 70.7 Å². The van der Waals surface area contributed by atoms with E-state index in [4.69, 9.17) is 10.1 Å². The van der Waals surface area contributed by atoms with E-state index in [-0.39, 0.29) is 37.0 Å². The maximum atomic E-state index is 7.95. The van der Waals surface area contributed by atoms with Crippen LogP contribution in [0, 0.1) is 48.7 Å². The van der Waals surface area contributed by atoms with Crippen molar-refractivity contribution in [3.8, 4) is 16.9 Å². The van der Waals surface area contributed by atoms with Gasteiger partial charge < -0.3 is 9.64 Å². The van der Waals surface area contributed by atoms with Crippen LogP contribution in [0.3, 0.4) is 0 Å². The average Bonchev–Trinajstić information content (AvgIpc) is 3.00. The molecule has 0 fully saturated rings. The number of hydrogen-bond acceptors (Lipinski definition) is 3. The fraction of sp³-hybridized carbons (Fsp3) is 0. The SMILES string of the molecule is N=C(Oc1ccc(-c2ccc(N(c3cc[c-]cc3)c3ccccc3)cc2)cc1)/C(I)=C\I.[U+2].[c-]1ccccc1. The molecule has 6 heteroatoms. The Bertz CT molecular complexity index is 1380. The van der Waals surface area contributed by atoms with Crippen LogP contribution in [0.25, 0.3) is 11.1 Å². The number of rotatable bonds is 6. The molecular formula is C33H24I2N2OU. The van der Waals surface area contributed by atoms with Gasteiger partial charge in [0, 0.05) is 11.4 Å². The van der Waals surface area contributed by atoms with Gasteiger partial charge in [0.1, 0.15) is 5.75 Å². The number of ether oxygens (including phenoxy) is 1. The summed E-state index contributed by atoms with van der Waals surface area (Å²) < 4.78 is 8.19. The second-order valence-electron chi connectivity index (χ2n) is 7.97. The van der Waals surface area contributed by atoms with Gasteiger partial charge in [-0.15, -0.1) is 12.1 Å². The standard InChI is InChI=1S/C27H19I2N2O.C6H5.U/c28-19-26(29)27(30)32-25-17-13-21(14-18-25)20-11-15-24(16-12-20)31(22-7-3-1-4-8-22)23-9-5-2-6-10-23;1-2-4-6-5-3-1;/h1,3-19,30H;1-5H;/q2*-1;+2/b26-19+,30-27?;;. The average molecular weight is 956 g/mol. The molecule has 5 aromatic rings. The zero-order valence-electron chi connectivity index (χ0n) is 20.9. The van der Waals surface area contributed by atoms with Crippen molar-refractivity contribution in [1.29, 1.82) is 5.41 Å². The second-order valence-corrected chi connectivity index (χ2v) is 9.75. The van der Waals surface area contributed by atoms with E-state index in [9.17, 15) is 0 Å². The first-order valence-corrected chi connectivity index (χ1v) is 14.1. The van der Waals surface area contributed by atoms with E-state index in [0.717, 1.165) is 31.8 Å². The Kier molecular flexibility index (Phi) is 13.3. The van der Waals surface area contributed by atoms with Crippen LogP contribution in [-0.2, 0) is 0 Å². The van der Waals surface area contributed by atoms with Crippen molar-refractivity contribution in [3.63, 3.8) is 0 Å². The number of nitrogens with one attached hydrogen (secondary N) is 1. The Labute approximate surface area is 281 Å². The van der Waals surface area contributed by atoms with Crippen molar-refractivity contribution in [3.05, 3.63) is 153 Å². The summed E-state index contributed by atoms with van der Waals surface area (Å²) in [6.07, 6.45) is 0. The molecule has 0 atom stereocenters. The van der Waals surface area contributed by atoms with Gasteiger partial charge in [0.25, 0.3) is 0 Å². The molecule has 3 nitrogen and oxygen atoms in total. The van der Waals surface area contributed by atoms with Crippen LogP contribution in [0.5, 0.6) is 5.75 Å². The predicted octanol–water partition coefficient (Wildman–Crippen LogP) is 10.2. The van der Waals surface area contributed by atoms with Crippen molar-refractivity contribution in [2.45, 2.75) is 0 Å². The molecule has 5 aromatic carbocycles. The summed E-state index contributed by atoms with van der Waals surface area (Å²) in [5, 5.41) is 7.95. The smallest absolute Gasteiger partial charge is 0.438 e. The van der Waals surface area contributed by atoms with E-state index in [0.29, 0.717) is 5.75 Å². The normalized spacial score (nSPS) is 10.4. The molecule has 0 aliphatic heterocycles. The summed E-state index contributed by atoms with van der Waals surface area (Å²) in [4.78, 5) is 2.22. The summed E-state index contributed by atoms with van der Waals surface area (Å²) in [7, 11) is 0. The molecule has 0 bridgehead atoms. The summed E-state index contributed by atoms with van der Waals surface area (Å²) in [6.45, 7) is 0. The molecule has 190 valence electrons. The minimum atomic E-state index is 0. The van der Waals surface area contributed by atoms with E-state index < -0.39 is 0 Å². The van der Waals surface area contributed by atoms with Crippen molar-refractivity contribution >= 4 is 68.1 Å². The van der Waals surface area contributed by atoms with Crippen LogP contribution in [0.2, 0.25) is 0 Å². The molecule has 39 heavy (non-hydrogen) atoms. The van der Waals surface area contributed by atoms with Crippen LogP contribution >= 0.6 is 45.2 Å². The van der Waals surface area contributed by atoms with Crippen LogP contribution in [0.4, 0.5) is 17.1 Å². The third-order valence-corrected chi connectivity index (χ3v) is 8.04. The summed E-state index contributed by atoms with van der Waals surface area (Å²) >= 11 is 4.19. The van der Waals surface area contributed by atoms with E-state index in [2.05, 4.69) is 111 Å². The maximum absolute atomic E-state index is 7.95. The minimum absolute atomic E-state index is 0. The summed E-state index contributed by atoms with van der Waals surface area (Å²) in [5.74, 6) is 0.801. The van der Waals surface area contributed by atoms with Crippen molar-refractivity contribution in [1.82, 2.24) is 0 Å². The Balaban J connectivity index is 0.000000531.